The van der Waals surface area contributed by atoms with Crippen LogP contribution in [0.5, 0.6) is 0 Å². The van der Waals surface area contributed by atoms with Gasteiger partial charge >= 0.3 is 13.7 Å². The maximum atomic E-state index is 13.5. The molecule has 1 amide bonds. The molecule has 3 rings (SSSR count). The van der Waals surface area contributed by atoms with E-state index in [4.69, 9.17) is 4.65 Å². The number of pyridine rings is 1. The van der Waals surface area contributed by atoms with Crippen molar-refractivity contribution in [3.8, 4) is 0 Å². The Labute approximate surface area is 223 Å². The Kier molecular flexibility index (Phi) is 9.02. The normalized spacial score (nSPS) is 12.3. The van der Waals surface area contributed by atoms with E-state index in [1.807, 2.05) is 0 Å². The van der Waals surface area contributed by atoms with Crippen molar-refractivity contribution in [3.05, 3.63) is 88.6 Å². The second-order valence-electron chi connectivity index (χ2n) is 9.95. The number of halogens is 5. The zero-order chi connectivity index (χ0) is 29.0. The zero-order valence-electron chi connectivity index (χ0n) is 21.8. The molecular weight excluding hydrogens is 520 g/mol. The molecule has 39 heavy (non-hydrogen) atoms. The quantitative estimate of drug-likeness (QED) is 0.252. The number of amides is 1. The van der Waals surface area contributed by atoms with Crippen LogP contribution in [-0.2, 0) is 23.9 Å². The van der Waals surface area contributed by atoms with Crippen LogP contribution in [0.25, 0.3) is 0 Å². The summed E-state index contributed by atoms with van der Waals surface area (Å²) in [7, 11) is 1.52. The Morgan fingerprint density at radius 3 is 2.18 bits per heavy atom. The van der Waals surface area contributed by atoms with Gasteiger partial charge in [-0.15, -0.1) is 0 Å². The Morgan fingerprint density at radius 2 is 1.59 bits per heavy atom. The lowest BCUT2D eigenvalue weighted by Gasteiger charge is -2.37. The van der Waals surface area contributed by atoms with Gasteiger partial charge in [0.15, 0.2) is 11.6 Å². The van der Waals surface area contributed by atoms with Crippen LogP contribution in [0.1, 0.15) is 54.7 Å². The second kappa shape index (κ2) is 11.7. The Hall–Kier alpha value is -3.51. The first-order chi connectivity index (χ1) is 18.1. The number of benzene rings is 2. The van der Waals surface area contributed by atoms with Crippen LogP contribution in [0.3, 0.4) is 0 Å². The van der Waals surface area contributed by atoms with E-state index in [0.29, 0.717) is 12.3 Å². The number of hydrogen-bond donors (Lipinski definition) is 3. The number of carbonyl (C=O) groups excluding carboxylic acids is 1. The SMILES string of the molecule is CC(C)(O)C(C)(C)O[B]c1ccc(CNc2ncc(C(F)(F)F)cc2C(=O)NCc2ccc(F)c(F)c2)cc1. The van der Waals surface area contributed by atoms with E-state index < -0.39 is 40.5 Å². The van der Waals surface area contributed by atoms with Gasteiger partial charge in [0.1, 0.15) is 5.82 Å². The van der Waals surface area contributed by atoms with Gasteiger partial charge in [-0.25, -0.2) is 13.8 Å². The number of carbonyl (C=O) groups is 1. The van der Waals surface area contributed by atoms with Crippen molar-refractivity contribution < 1.29 is 36.5 Å². The fourth-order valence-corrected chi connectivity index (χ4v) is 3.12. The monoisotopic (exact) mass is 548 g/mol. The minimum absolute atomic E-state index is 0.0864. The smallest absolute Gasteiger partial charge is 0.417 e. The fourth-order valence-electron chi connectivity index (χ4n) is 3.12. The molecule has 12 heteroatoms. The number of alkyl halides is 3. The van der Waals surface area contributed by atoms with Crippen LogP contribution >= 0.6 is 0 Å². The third kappa shape index (κ3) is 8.00. The molecule has 0 spiro atoms. The van der Waals surface area contributed by atoms with Crippen molar-refractivity contribution >= 4 is 24.7 Å². The molecule has 0 aliphatic carbocycles. The molecule has 0 unspecified atom stereocenters. The Morgan fingerprint density at radius 1 is 0.949 bits per heavy atom. The van der Waals surface area contributed by atoms with E-state index in [1.165, 1.54) is 13.5 Å². The summed E-state index contributed by atoms with van der Waals surface area (Å²) in [5.74, 6) is -3.13. The van der Waals surface area contributed by atoms with Crippen molar-refractivity contribution in [2.75, 3.05) is 5.32 Å². The van der Waals surface area contributed by atoms with E-state index in [1.54, 1.807) is 52.0 Å². The van der Waals surface area contributed by atoms with E-state index in [2.05, 4.69) is 15.6 Å². The summed E-state index contributed by atoms with van der Waals surface area (Å²) in [5.41, 5.74) is -1.71. The lowest BCUT2D eigenvalue weighted by molar-refractivity contribution is -0.137. The summed E-state index contributed by atoms with van der Waals surface area (Å²) in [5, 5.41) is 15.5. The summed E-state index contributed by atoms with van der Waals surface area (Å²) in [4.78, 5) is 16.6. The summed E-state index contributed by atoms with van der Waals surface area (Å²) >= 11 is 0. The molecule has 1 heterocycles. The molecule has 0 aliphatic heterocycles. The molecule has 3 N–H and O–H groups in total. The Balaban J connectivity index is 1.71. The number of nitrogens with one attached hydrogen (secondary N) is 2. The minimum Gasteiger partial charge on any atom is -0.427 e. The molecule has 3 aromatic rings. The average Bonchev–Trinajstić information content (AvgIpc) is 2.86. The fraction of sp³-hybridized carbons (Fsp3) is 0.333. The van der Waals surface area contributed by atoms with Crippen LogP contribution in [0.15, 0.2) is 54.7 Å². The molecule has 2 aromatic carbocycles. The highest BCUT2D eigenvalue weighted by Crippen LogP contribution is 2.31. The third-order valence-electron chi connectivity index (χ3n) is 6.30. The number of aromatic nitrogens is 1. The summed E-state index contributed by atoms with van der Waals surface area (Å²) in [6, 6.07) is 10.7. The van der Waals surface area contributed by atoms with Gasteiger partial charge in [-0.1, -0.05) is 35.8 Å². The molecule has 0 saturated heterocycles. The van der Waals surface area contributed by atoms with Gasteiger partial charge < -0.3 is 20.4 Å². The minimum atomic E-state index is -4.73. The van der Waals surface area contributed by atoms with Crippen LogP contribution in [0.2, 0.25) is 0 Å². The number of rotatable bonds is 10. The maximum absolute atomic E-state index is 13.5. The largest absolute Gasteiger partial charge is 0.427 e. The van der Waals surface area contributed by atoms with Crippen molar-refractivity contribution in [2.24, 2.45) is 0 Å². The van der Waals surface area contributed by atoms with Gasteiger partial charge in [-0.2, -0.15) is 13.2 Å². The predicted molar refractivity (Wildman–Crippen MR) is 137 cm³/mol. The highest BCUT2D eigenvalue weighted by Gasteiger charge is 2.35. The molecule has 207 valence electrons. The zero-order valence-corrected chi connectivity index (χ0v) is 21.8. The van der Waals surface area contributed by atoms with Gasteiger partial charge in [0.05, 0.1) is 22.3 Å². The van der Waals surface area contributed by atoms with E-state index in [-0.39, 0.29) is 30.0 Å². The number of hydrogen-bond acceptors (Lipinski definition) is 5. The lowest BCUT2D eigenvalue weighted by Crippen LogP contribution is -2.49. The summed E-state index contributed by atoms with van der Waals surface area (Å²) < 4.78 is 72.2. The lowest BCUT2D eigenvalue weighted by atomic mass is 9.82. The molecule has 0 atom stereocenters. The van der Waals surface area contributed by atoms with Crippen molar-refractivity contribution in [2.45, 2.75) is 58.2 Å². The standard InChI is InChI=1S/C27H28BF5N3O3/c1-25(2,38)26(3,4)39-28-19-8-5-16(6-9-19)13-34-23-20(12-18(15-35-23)27(31,32)33)24(37)36-14-17-7-10-21(29)22(30)11-17/h5-12,15,38H,13-14H2,1-4H3,(H,34,35)(H,36,37). The van der Waals surface area contributed by atoms with E-state index in [0.717, 1.165) is 23.2 Å². The Bertz CT molecular complexity index is 1310. The van der Waals surface area contributed by atoms with Crippen molar-refractivity contribution in [1.29, 1.82) is 0 Å². The number of nitrogens with zero attached hydrogens (tertiary/aromatic N) is 1. The maximum Gasteiger partial charge on any atom is 0.417 e. The van der Waals surface area contributed by atoms with Crippen LogP contribution in [0.4, 0.5) is 27.8 Å². The topological polar surface area (TPSA) is 83.5 Å². The van der Waals surface area contributed by atoms with Gasteiger partial charge in [0.25, 0.3) is 5.91 Å². The molecule has 1 aromatic heterocycles. The second-order valence-corrected chi connectivity index (χ2v) is 9.95. The molecule has 0 aliphatic rings. The van der Waals surface area contributed by atoms with Crippen molar-refractivity contribution in [3.63, 3.8) is 0 Å². The first kappa shape index (κ1) is 30.0. The molecule has 1 radical (unpaired) electrons. The first-order valence-electron chi connectivity index (χ1n) is 11.9. The van der Waals surface area contributed by atoms with Gasteiger partial charge in [-0.3, -0.25) is 4.79 Å². The first-order valence-corrected chi connectivity index (χ1v) is 11.9. The predicted octanol–water partition coefficient (Wildman–Crippen LogP) is 4.73. The van der Waals surface area contributed by atoms with Crippen molar-refractivity contribution in [1.82, 2.24) is 10.3 Å². The summed E-state index contributed by atoms with van der Waals surface area (Å²) in [6.07, 6.45) is -4.11. The molecule has 0 fully saturated rings. The highest BCUT2D eigenvalue weighted by molar-refractivity contribution is 6.47. The highest BCUT2D eigenvalue weighted by atomic mass is 19.4. The van der Waals surface area contributed by atoms with Crippen LogP contribution in [0, 0.1) is 11.6 Å². The average molecular weight is 548 g/mol. The van der Waals surface area contributed by atoms with Gasteiger partial charge in [0.2, 0.25) is 0 Å². The molecule has 0 bridgehead atoms. The van der Waals surface area contributed by atoms with Crippen LogP contribution in [-0.4, -0.2) is 34.7 Å². The third-order valence-corrected chi connectivity index (χ3v) is 6.30. The summed E-state index contributed by atoms with van der Waals surface area (Å²) in [6.45, 7) is 6.69. The van der Waals surface area contributed by atoms with E-state index in [9.17, 15) is 31.9 Å². The van der Waals surface area contributed by atoms with Gasteiger partial charge in [0, 0.05) is 19.3 Å². The number of anilines is 1. The molecular formula is C27H28BF5N3O3. The molecule has 6 nitrogen and oxygen atoms in total. The van der Waals surface area contributed by atoms with Gasteiger partial charge in [-0.05, 0) is 57.0 Å². The molecule has 0 saturated carbocycles. The van der Waals surface area contributed by atoms with E-state index >= 15 is 0 Å². The number of aliphatic hydroxyl groups is 1. The van der Waals surface area contributed by atoms with Crippen LogP contribution < -0.4 is 16.1 Å².